The molecule has 1 fully saturated rings. The van der Waals surface area contributed by atoms with Gasteiger partial charge in [0, 0.05) is 12.6 Å². The van der Waals surface area contributed by atoms with Crippen molar-refractivity contribution in [1.29, 1.82) is 0 Å². The van der Waals surface area contributed by atoms with Crippen LogP contribution in [0.1, 0.15) is 26.7 Å². The van der Waals surface area contributed by atoms with Crippen molar-refractivity contribution in [3.63, 3.8) is 0 Å². The van der Waals surface area contributed by atoms with Gasteiger partial charge in [0.25, 0.3) is 0 Å². The number of nitrogen functional groups attached to an aromatic ring is 1. The fraction of sp³-hybridized carbons (Fsp3) is 0.636. The van der Waals surface area contributed by atoms with Crippen molar-refractivity contribution in [2.24, 2.45) is 5.92 Å². The van der Waals surface area contributed by atoms with Crippen LogP contribution in [0.25, 0.3) is 0 Å². The number of nitrogens with two attached hydrogens (primary N) is 1. The van der Waals surface area contributed by atoms with Gasteiger partial charge in [-0.25, -0.2) is 9.97 Å². The molecule has 16 heavy (non-hydrogen) atoms. The normalized spacial score (nSPS) is 15.5. The second kappa shape index (κ2) is 4.45. The zero-order valence-corrected chi connectivity index (χ0v) is 10.4. The Hall–Kier alpha value is -1.03. The zero-order valence-electron chi connectivity index (χ0n) is 9.65. The van der Waals surface area contributed by atoms with Crippen LogP contribution in [0.2, 0.25) is 5.02 Å². The third kappa shape index (κ3) is 2.38. The zero-order chi connectivity index (χ0) is 11.7. The first kappa shape index (κ1) is 11.5. The van der Waals surface area contributed by atoms with E-state index < -0.39 is 0 Å². The van der Waals surface area contributed by atoms with Crippen molar-refractivity contribution >= 4 is 23.2 Å². The van der Waals surface area contributed by atoms with Gasteiger partial charge in [0.2, 0.25) is 0 Å². The van der Waals surface area contributed by atoms with E-state index in [0.29, 0.717) is 16.9 Å². The first-order valence-electron chi connectivity index (χ1n) is 5.62. The van der Waals surface area contributed by atoms with Crippen LogP contribution in [0.5, 0.6) is 0 Å². The van der Waals surface area contributed by atoms with Crippen LogP contribution in [-0.2, 0) is 0 Å². The minimum absolute atomic E-state index is 0.355. The molecule has 1 saturated carbocycles. The van der Waals surface area contributed by atoms with Gasteiger partial charge in [0.05, 0.1) is 0 Å². The van der Waals surface area contributed by atoms with Gasteiger partial charge in [-0.3, -0.25) is 0 Å². The molecule has 1 aromatic rings. The highest BCUT2D eigenvalue weighted by Gasteiger charge is 2.27. The van der Waals surface area contributed by atoms with Gasteiger partial charge in [0.1, 0.15) is 17.2 Å². The van der Waals surface area contributed by atoms with Gasteiger partial charge in [-0.15, -0.1) is 0 Å². The number of nitrogens with zero attached hydrogens (tertiary/aromatic N) is 3. The number of hydrogen-bond acceptors (Lipinski definition) is 4. The Morgan fingerprint density at radius 3 is 2.75 bits per heavy atom. The molecule has 0 unspecified atom stereocenters. The van der Waals surface area contributed by atoms with E-state index in [0.717, 1.165) is 18.3 Å². The highest BCUT2D eigenvalue weighted by Crippen LogP contribution is 2.34. The SMILES string of the molecule is CC(C)N(CC1CC1)c1ncnc(N)c1Cl. The summed E-state index contributed by atoms with van der Waals surface area (Å²) in [6.45, 7) is 5.28. The Bertz CT molecular complexity index is 376. The maximum Gasteiger partial charge on any atom is 0.153 e. The summed E-state index contributed by atoms with van der Waals surface area (Å²) in [7, 11) is 0. The van der Waals surface area contributed by atoms with Gasteiger partial charge in [0.15, 0.2) is 5.82 Å². The van der Waals surface area contributed by atoms with Crippen LogP contribution >= 0.6 is 11.6 Å². The highest BCUT2D eigenvalue weighted by molar-refractivity contribution is 6.35. The summed E-state index contributed by atoms with van der Waals surface area (Å²) in [4.78, 5) is 10.3. The molecule has 0 spiro atoms. The van der Waals surface area contributed by atoms with Crippen LogP contribution in [0.15, 0.2) is 6.33 Å². The Labute approximate surface area is 101 Å². The van der Waals surface area contributed by atoms with E-state index in [2.05, 4.69) is 28.7 Å². The van der Waals surface area contributed by atoms with Crippen molar-refractivity contribution in [3.05, 3.63) is 11.3 Å². The molecule has 0 bridgehead atoms. The van der Waals surface area contributed by atoms with E-state index in [1.165, 1.54) is 19.2 Å². The summed E-state index contributed by atoms with van der Waals surface area (Å²) in [5.41, 5.74) is 5.70. The van der Waals surface area contributed by atoms with Crippen LogP contribution in [-0.4, -0.2) is 22.6 Å². The van der Waals surface area contributed by atoms with Crippen LogP contribution in [0.4, 0.5) is 11.6 Å². The second-order valence-corrected chi connectivity index (χ2v) is 4.96. The molecule has 1 aliphatic carbocycles. The monoisotopic (exact) mass is 240 g/mol. The fourth-order valence-electron chi connectivity index (χ4n) is 1.69. The molecule has 1 aromatic heterocycles. The van der Waals surface area contributed by atoms with Crippen LogP contribution in [0.3, 0.4) is 0 Å². The van der Waals surface area contributed by atoms with E-state index in [-0.39, 0.29) is 0 Å². The summed E-state index contributed by atoms with van der Waals surface area (Å²) < 4.78 is 0. The number of rotatable bonds is 4. The van der Waals surface area contributed by atoms with E-state index >= 15 is 0 Å². The quantitative estimate of drug-likeness (QED) is 0.878. The Morgan fingerprint density at radius 2 is 2.19 bits per heavy atom. The van der Waals surface area contributed by atoms with Crippen molar-refractivity contribution in [1.82, 2.24) is 9.97 Å². The van der Waals surface area contributed by atoms with Gasteiger partial charge in [-0.1, -0.05) is 11.6 Å². The summed E-state index contributed by atoms with van der Waals surface area (Å²) >= 11 is 6.14. The largest absolute Gasteiger partial charge is 0.382 e. The molecule has 1 heterocycles. The highest BCUT2D eigenvalue weighted by atomic mass is 35.5. The molecule has 0 aromatic carbocycles. The van der Waals surface area contributed by atoms with Gasteiger partial charge in [-0.2, -0.15) is 0 Å². The number of halogens is 1. The lowest BCUT2D eigenvalue weighted by molar-refractivity contribution is 0.636. The molecule has 0 saturated heterocycles. The molecule has 0 aliphatic heterocycles. The average molecular weight is 241 g/mol. The Kier molecular flexibility index (Phi) is 3.19. The fourth-order valence-corrected chi connectivity index (χ4v) is 1.90. The first-order chi connectivity index (χ1) is 7.59. The van der Waals surface area contributed by atoms with Crippen molar-refractivity contribution in [2.75, 3.05) is 17.2 Å². The minimum Gasteiger partial charge on any atom is -0.382 e. The standard InChI is InChI=1S/C11H17ClN4/c1-7(2)16(5-8-3-4-8)11-9(12)10(13)14-6-15-11/h6-8H,3-5H2,1-2H3,(H2,13,14,15). The molecular weight excluding hydrogens is 224 g/mol. The van der Waals surface area contributed by atoms with Crippen molar-refractivity contribution in [2.45, 2.75) is 32.7 Å². The predicted molar refractivity (Wildman–Crippen MR) is 66.7 cm³/mol. The average Bonchev–Trinajstić information content (AvgIpc) is 3.03. The van der Waals surface area contributed by atoms with E-state index in [4.69, 9.17) is 17.3 Å². The van der Waals surface area contributed by atoms with Crippen molar-refractivity contribution in [3.8, 4) is 0 Å². The number of hydrogen-bond donors (Lipinski definition) is 1. The topological polar surface area (TPSA) is 55.0 Å². The third-order valence-corrected chi connectivity index (χ3v) is 3.21. The molecular formula is C11H17ClN4. The molecule has 88 valence electrons. The molecule has 0 amide bonds. The Morgan fingerprint density at radius 1 is 1.50 bits per heavy atom. The Balaban J connectivity index is 2.26. The summed E-state index contributed by atoms with van der Waals surface area (Å²) in [6.07, 6.45) is 4.08. The van der Waals surface area contributed by atoms with E-state index in [1.807, 2.05) is 0 Å². The maximum absolute atomic E-state index is 6.14. The minimum atomic E-state index is 0.355. The lowest BCUT2D eigenvalue weighted by Crippen LogP contribution is -2.33. The number of anilines is 2. The van der Waals surface area contributed by atoms with Crippen LogP contribution in [0, 0.1) is 5.92 Å². The van der Waals surface area contributed by atoms with Gasteiger partial charge in [-0.05, 0) is 32.6 Å². The second-order valence-electron chi connectivity index (χ2n) is 4.59. The predicted octanol–water partition coefficient (Wildman–Crippen LogP) is 2.34. The van der Waals surface area contributed by atoms with E-state index in [9.17, 15) is 0 Å². The molecule has 0 radical (unpaired) electrons. The number of aromatic nitrogens is 2. The first-order valence-corrected chi connectivity index (χ1v) is 6.00. The van der Waals surface area contributed by atoms with Gasteiger partial charge >= 0.3 is 0 Å². The van der Waals surface area contributed by atoms with Crippen LogP contribution < -0.4 is 10.6 Å². The third-order valence-electron chi connectivity index (χ3n) is 2.85. The molecule has 2 N–H and O–H groups in total. The molecule has 1 aliphatic rings. The summed E-state index contributed by atoms with van der Waals surface area (Å²) in [5.74, 6) is 1.90. The van der Waals surface area contributed by atoms with E-state index in [1.54, 1.807) is 0 Å². The molecule has 2 rings (SSSR count). The maximum atomic E-state index is 6.14. The lowest BCUT2D eigenvalue weighted by Gasteiger charge is -2.28. The summed E-state index contributed by atoms with van der Waals surface area (Å²) in [6, 6.07) is 0.368. The van der Waals surface area contributed by atoms with Crippen molar-refractivity contribution < 1.29 is 0 Å². The molecule has 4 nitrogen and oxygen atoms in total. The summed E-state index contributed by atoms with van der Waals surface area (Å²) in [5, 5.41) is 0.469. The van der Waals surface area contributed by atoms with Gasteiger partial charge < -0.3 is 10.6 Å². The molecule has 5 heteroatoms. The molecule has 0 atom stereocenters. The smallest absolute Gasteiger partial charge is 0.153 e. The lowest BCUT2D eigenvalue weighted by atomic mass is 10.2.